The molecule has 0 saturated heterocycles. The van der Waals surface area contributed by atoms with Gasteiger partial charge in [-0.25, -0.2) is 23.5 Å². The minimum absolute atomic E-state index is 0.218. The maximum atomic E-state index is 15.0. The highest BCUT2D eigenvalue weighted by Crippen LogP contribution is 2.34. The summed E-state index contributed by atoms with van der Waals surface area (Å²) in [6, 6.07) is 4.74. The molecule has 14 heteroatoms. The summed E-state index contributed by atoms with van der Waals surface area (Å²) in [5.74, 6) is -5.60. The molecule has 2 N–H and O–H groups in total. The minimum atomic E-state index is -4.86. The molecule has 1 aromatic heterocycles. The molecule has 1 unspecified atom stereocenters. The summed E-state index contributed by atoms with van der Waals surface area (Å²) in [6.45, 7) is 0.650. The third kappa shape index (κ3) is 5.77. The van der Waals surface area contributed by atoms with E-state index in [2.05, 4.69) is 15.3 Å². The Balaban J connectivity index is 2.11. The molecular formula is C21H12Cl2F5N3O4. The van der Waals surface area contributed by atoms with Crippen LogP contribution in [0.1, 0.15) is 27.8 Å². The Morgan fingerprint density at radius 2 is 1.83 bits per heavy atom. The van der Waals surface area contributed by atoms with Crippen LogP contribution in [0.15, 0.2) is 36.5 Å². The first-order valence-corrected chi connectivity index (χ1v) is 10.1. The molecule has 1 atom stereocenters. The number of hydrogen-bond acceptors (Lipinski definition) is 5. The maximum Gasteiger partial charge on any atom is 0.425 e. The molecule has 0 aliphatic rings. The number of aromatic nitrogens is 2. The van der Waals surface area contributed by atoms with Gasteiger partial charge < -0.3 is 15.2 Å². The molecule has 0 aliphatic carbocycles. The van der Waals surface area contributed by atoms with Crippen LogP contribution in [0.4, 0.5) is 27.6 Å². The number of anilines is 1. The van der Waals surface area contributed by atoms with Crippen molar-refractivity contribution in [1.29, 1.82) is 0 Å². The lowest BCUT2D eigenvalue weighted by Gasteiger charge is -2.20. The lowest BCUT2D eigenvalue weighted by Crippen LogP contribution is -2.32. The number of carboxylic acid groups (broad SMARTS) is 1. The van der Waals surface area contributed by atoms with Crippen LogP contribution in [0.3, 0.4) is 0 Å². The average Bonchev–Trinajstić information content (AvgIpc) is 2.76. The van der Waals surface area contributed by atoms with Gasteiger partial charge in [0.05, 0.1) is 28.2 Å². The van der Waals surface area contributed by atoms with Crippen molar-refractivity contribution in [3.05, 3.63) is 69.6 Å². The third-order valence-electron chi connectivity index (χ3n) is 4.49. The van der Waals surface area contributed by atoms with Gasteiger partial charge in [-0.1, -0.05) is 29.3 Å². The van der Waals surface area contributed by atoms with Crippen molar-refractivity contribution >= 4 is 40.8 Å². The van der Waals surface area contributed by atoms with E-state index in [0.29, 0.717) is 13.0 Å². The zero-order valence-corrected chi connectivity index (χ0v) is 18.8. The SMILES string of the molecule is CC(Oc1cc(-c2cnc(C(=O)O)c(Cl)n2)c(F)cc1C(=O)Nc1c(F)cccc1Cl)C(F)(F)F. The quantitative estimate of drug-likeness (QED) is 0.375. The molecule has 3 aromatic rings. The number of para-hydroxylation sites is 1. The fourth-order valence-electron chi connectivity index (χ4n) is 2.72. The Hall–Kier alpha value is -3.51. The molecule has 2 aromatic carbocycles. The van der Waals surface area contributed by atoms with Crippen molar-refractivity contribution in [1.82, 2.24) is 9.97 Å². The predicted octanol–water partition coefficient (Wildman–Crippen LogP) is 6.01. The van der Waals surface area contributed by atoms with E-state index in [1.807, 2.05) is 0 Å². The van der Waals surface area contributed by atoms with E-state index in [9.17, 15) is 31.5 Å². The second kappa shape index (κ2) is 10.0. The fraction of sp³-hybridized carbons (Fsp3) is 0.143. The minimum Gasteiger partial charge on any atom is -0.480 e. The molecule has 0 saturated carbocycles. The number of ether oxygens (including phenoxy) is 1. The summed E-state index contributed by atoms with van der Waals surface area (Å²) < 4.78 is 73.3. The molecule has 0 aliphatic heterocycles. The highest BCUT2D eigenvalue weighted by molar-refractivity contribution is 6.34. The second-order valence-electron chi connectivity index (χ2n) is 6.88. The summed E-state index contributed by atoms with van der Waals surface area (Å²) in [5.41, 5.74) is -2.70. The average molecular weight is 536 g/mol. The van der Waals surface area contributed by atoms with Gasteiger partial charge in [0, 0.05) is 5.56 Å². The van der Waals surface area contributed by atoms with Gasteiger partial charge in [0.15, 0.2) is 17.0 Å². The Kier molecular flexibility index (Phi) is 7.46. The van der Waals surface area contributed by atoms with Gasteiger partial charge in [0.25, 0.3) is 5.91 Å². The normalized spacial score (nSPS) is 12.2. The van der Waals surface area contributed by atoms with E-state index in [1.54, 1.807) is 0 Å². The van der Waals surface area contributed by atoms with Crippen LogP contribution in [0.2, 0.25) is 10.2 Å². The first-order valence-electron chi connectivity index (χ1n) is 9.38. The number of carbonyl (C=O) groups excluding carboxylic acids is 1. The van der Waals surface area contributed by atoms with E-state index in [1.165, 1.54) is 12.1 Å². The van der Waals surface area contributed by atoms with Crippen molar-refractivity contribution < 1.29 is 41.4 Å². The fourth-order valence-corrected chi connectivity index (χ4v) is 3.15. The summed E-state index contributed by atoms with van der Waals surface area (Å²) in [5, 5.41) is 10.2. The largest absolute Gasteiger partial charge is 0.480 e. The van der Waals surface area contributed by atoms with E-state index < -0.39 is 69.2 Å². The lowest BCUT2D eigenvalue weighted by molar-refractivity contribution is -0.189. The number of benzene rings is 2. The number of nitrogens with zero attached hydrogens (tertiary/aromatic N) is 2. The van der Waals surface area contributed by atoms with Crippen molar-refractivity contribution in [3.63, 3.8) is 0 Å². The van der Waals surface area contributed by atoms with Gasteiger partial charge in [0.2, 0.25) is 0 Å². The standard InChI is InChI=1S/C21H12Cl2F5N3O4/c1-8(21(26,27)28)35-15-6-9(14-7-29-17(20(33)34)18(23)30-14)13(25)5-10(15)19(32)31-16-11(22)3-2-4-12(16)24/h2-8H,1H3,(H,31,32)(H,33,34). The van der Waals surface area contributed by atoms with E-state index in [-0.39, 0.29) is 10.7 Å². The molecule has 0 fully saturated rings. The number of carboxylic acids is 1. The summed E-state index contributed by atoms with van der Waals surface area (Å²) in [4.78, 5) is 31.1. The van der Waals surface area contributed by atoms with Gasteiger partial charge in [-0.05, 0) is 31.2 Å². The first kappa shape index (κ1) is 26.1. The Labute approximate surface area is 203 Å². The van der Waals surface area contributed by atoms with Crippen LogP contribution in [0.25, 0.3) is 11.3 Å². The maximum absolute atomic E-state index is 15.0. The van der Waals surface area contributed by atoms with Crippen molar-refractivity contribution in [3.8, 4) is 17.0 Å². The molecule has 0 bridgehead atoms. The molecule has 7 nitrogen and oxygen atoms in total. The molecule has 184 valence electrons. The Bertz CT molecular complexity index is 1300. The molecule has 1 amide bonds. The topological polar surface area (TPSA) is 101 Å². The summed E-state index contributed by atoms with van der Waals surface area (Å²) in [7, 11) is 0. The highest BCUT2D eigenvalue weighted by Gasteiger charge is 2.39. The van der Waals surface area contributed by atoms with Crippen molar-refractivity contribution in [2.45, 2.75) is 19.2 Å². The molecule has 35 heavy (non-hydrogen) atoms. The van der Waals surface area contributed by atoms with Crippen molar-refractivity contribution in [2.24, 2.45) is 0 Å². The highest BCUT2D eigenvalue weighted by atomic mass is 35.5. The number of alkyl halides is 3. The van der Waals surface area contributed by atoms with Gasteiger partial charge in [-0.3, -0.25) is 4.79 Å². The molecule has 3 rings (SSSR count). The number of hydrogen-bond donors (Lipinski definition) is 2. The van der Waals surface area contributed by atoms with Crippen LogP contribution < -0.4 is 10.1 Å². The molecule has 0 radical (unpaired) electrons. The van der Waals surface area contributed by atoms with Crippen LogP contribution in [0.5, 0.6) is 5.75 Å². The van der Waals surface area contributed by atoms with E-state index in [4.69, 9.17) is 33.0 Å². The van der Waals surface area contributed by atoms with Gasteiger partial charge in [-0.2, -0.15) is 13.2 Å². The monoisotopic (exact) mass is 535 g/mol. The number of rotatable bonds is 6. The molecule has 0 spiro atoms. The van der Waals surface area contributed by atoms with Gasteiger partial charge in [0.1, 0.15) is 17.4 Å². The zero-order valence-electron chi connectivity index (χ0n) is 17.3. The number of nitrogens with one attached hydrogen (secondary N) is 1. The Morgan fingerprint density at radius 1 is 1.14 bits per heavy atom. The zero-order chi connectivity index (χ0) is 26.1. The number of amides is 1. The summed E-state index contributed by atoms with van der Waals surface area (Å²) >= 11 is 11.6. The van der Waals surface area contributed by atoms with Crippen LogP contribution in [-0.4, -0.2) is 39.2 Å². The predicted molar refractivity (Wildman–Crippen MR) is 115 cm³/mol. The lowest BCUT2D eigenvalue weighted by atomic mass is 10.1. The summed E-state index contributed by atoms with van der Waals surface area (Å²) in [6.07, 6.45) is -6.47. The van der Waals surface area contributed by atoms with Crippen molar-refractivity contribution in [2.75, 3.05) is 5.32 Å². The van der Waals surface area contributed by atoms with Crippen LogP contribution >= 0.6 is 23.2 Å². The van der Waals surface area contributed by atoms with Crippen LogP contribution in [0, 0.1) is 11.6 Å². The van der Waals surface area contributed by atoms with Gasteiger partial charge in [-0.15, -0.1) is 0 Å². The van der Waals surface area contributed by atoms with E-state index in [0.717, 1.165) is 18.3 Å². The first-order chi connectivity index (χ1) is 16.3. The number of aromatic carboxylic acids is 1. The van der Waals surface area contributed by atoms with Crippen LogP contribution in [-0.2, 0) is 0 Å². The smallest absolute Gasteiger partial charge is 0.425 e. The van der Waals surface area contributed by atoms with E-state index >= 15 is 0 Å². The van der Waals surface area contributed by atoms with Gasteiger partial charge >= 0.3 is 12.1 Å². The molecular weight excluding hydrogens is 524 g/mol. The second-order valence-corrected chi connectivity index (χ2v) is 7.65. The number of halogens is 7. The number of carbonyl (C=O) groups is 2. The third-order valence-corrected chi connectivity index (χ3v) is 5.07. The Morgan fingerprint density at radius 3 is 2.40 bits per heavy atom. The molecule has 1 heterocycles.